The van der Waals surface area contributed by atoms with Crippen molar-refractivity contribution in [2.45, 2.75) is 39.3 Å². The fourth-order valence-electron chi connectivity index (χ4n) is 3.21. The van der Waals surface area contributed by atoms with Crippen LogP contribution in [0.2, 0.25) is 0 Å². The van der Waals surface area contributed by atoms with E-state index in [0.717, 1.165) is 5.69 Å². The number of nitrogens with one attached hydrogen (secondary N) is 1. The zero-order valence-corrected chi connectivity index (χ0v) is 15.3. The summed E-state index contributed by atoms with van der Waals surface area (Å²) in [6, 6.07) is 3.40. The van der Waals surface area contributed by atoms with Crippen LogP contribution < -0.4 is 10.7 Å². The average molecular weight is 363 g/mol. The molecule has 3 rings (SSSR count). The molecular formula is C17H21N3O4S. The summed E-state index contributed by atoms with van der Waals surface area (Å²) in [5.74, 6) is -0.611. The van der Waals surface area contributed by atoms with Crippen molar-refractivity contribution in [2.75, 3.05) is 11.5 Å². The van der Waals surface area contributed by atoms with Crippen molar-refractivity contribution in [3.8, 4) is 0 Å². The van der Waals surface area contributed by atoms with Gasteiger partial charge in [0.15, 0.2) is 9.84 Å². The lowest BCUT2D eigenvalue weighted by Crippen LogP contribution is -2.48. The van der Waals surface area contributed by atoms with Crippen molar-refractivity contribution >= 4 is 26.8 Å². The maximum atomic E-state index is 12.7. The van der Waals surface area contributed by atoms with Crippen molar-refractivity contribution in [3.05, 3.63) is 39.8 Å². The summed E-state index contributed by atoms with van der Waals surface area (Å²) in [6.07, 6.45) is 1.84. The highest BCUT2D eigenvalue weighted by Crippen LogP contribution is 2.23. The van der Waals surface area contributed by atoms with E-state index in [2.05, 4.69) is 10.3 Å². The normalized spacial score (nSPS) is 22.2. The van der Waals surface area contributed by atoms with Gasteiger partial charge in [-0.05, 0) is 39.3 Å². The zero-order valence-electron chi connectivity index (χ0n) is 14.5. The summed E-state index contributed by atoms with van der Waals surface area (Å²) in [5.41, 5.74) is 0.0910. The van der Waals surface area contributed by atoms with Crippen molar-refractivity contribution in [1.82, 2.24) is 14.9 Å². The Kier molecular flexibility index (Phi) is 4.18. The largest absolute Gasteiger partial charge is 0.346 e. The summed E-state index contributed by atoms with van der Waals surface area (Å²) < 4.78 is 25.2. The van der Waals surface area contributed by atoms with Gasteiger partial charge in [0.05, 0.1) is 22.4 Å². The number of carbonyl (C=O) groups excluding carboxylic acids is 1. The number of pyridine rings is 2. The van der Waals surface area contributed by atoms with Crippen LogP contribution in [0.1, 0.15) is 36.3 Å². The van der Waals surface area contributed by atoms with Crippen LogP contribution in [0.4, 0.5) is 0 Å². The van der Waals surface area contributed by atoms with Gasteiger partial charge in [-0.3, -0.25) is 9.59 Å². The molecule has 0 radical (unpaired) electrons. The Labute approximate surface area is 146 Å². The number of hydrogen-bond acceptors (Lipinski definition) is 5. The third-order valence-electron chi connectivity index (χ3n) is 4.56. The van der Waals surface area contributed by atoms with Crippen LogP contribution in [0, 0.1) is 6.92 Å². The van der Waals surface area contributed by atoms with Gasteiger partial charge in [0.25, 0.3) is 5.91 Å². The van der Waals surface area contributed by atoms with Gasteiger partial charge >= 0.3 is 0 Å². The smallest absolute Gasteiger partial charge is 0.257 e. The van der Waals surface area contributed by atoms with E-state index in [0.29, 0.717) is 24.0 Å². The summed E-state index contributed by atoms with van der Waals surface area (Å²) >= 11 is 0. The summed E-state index contributed by atoms with van der Waals surface area (Å²) in [7, 11) is -3.15. The predicted molar refractivity (Wildman–Crippen MR) is 95.6 cm³/mol. The minimum absolute atomic E-state index is 0.00512. The van der Waals surface area contributed by atoms with Crippen molar-refractivity contribution in [1.29, 1.82) is 0 Å². The van der Waals surface area contributed by atoms with Crippen LogP contribution in [0.25, 0.3) is 11.0 Å². The van der Waals surface area contributed by atoms with Crippen LogP contribution in [0.15, 0.2) is 23.1 Å². The maximum absolute atomic E-state index is 12.7. The first kappa shape index (κ1) is 17.6. The highest BCUT2D eigenvalue weighted by atomic mass is 32.2. The Morgan fingerprint density at radius 3 is 2.72 bits per heavy atom. The topological polar surface area (TPSA) is 98.1 Å². The molecule has 0 saturated carbocycles. The molecule has 0 bridgehead atoms. The Morgan fingerprint density at radius 2 is 2.12 bits per heavy atom. The number of rotatable bonds is 3. The average Bonchev–Trinajstić information content (AvgIpc) is 2.80. The van der Waals surface area contributed by atoms with Gasteiger partial charge in [0, 0.05) is 18.4 Å². The Hall–Kier alpha value is -2.22. The van der Waals surface area contributed by atoms with E-state index in [-0.39, 0.29) is 17.1 Å². The van der Waals surface area contributed by atoms with E-state index < -0.39 is 26.7 Å². The van der Waals surface area contributed by atoms with Crippen molar-refractivity contribution < 1.29 is 13.2 Å². The van der Waals surface area contributed by atoms with Gasteiger partial charge in [-0.2, -0.15) is 0 Å². The molecule has 25 heavy (non-hydrogen) atoms. The maximum Gasteiger partial charge on any atom is 0.257 e. The quantitative estimate of drug-likeness (QED) is 0.878. The van der Waals surface area contributed by atoms with Gasteiger partial charge in [-0.1, -0.05) is 0 Å². The van der Waals surface area contributed by atoms with Gasteiger partial charge in [0.1, 0.15) is 11.2 Å². The molecule has 134 valence electrons. The van der Waals surface area contributed by atoms with Crippen LogP contribution in [-0.2, 0) is 16.4 Å². The molecular weight excluding hydrogens is 342 g/mol. The number of hydrogen-bond donors (Lipinski definition) is 1. The molecule has 3 heterocycles. The monoisotopic (exact) mass is 363 g/mol. The number of carbonyl (C=O) groups is 1. The van der Waals surface area contributed by atoms with Gasteiger partial charge in [-0.15, -0.1) is 0 Å². The lowest BCUT2D eigenvalue weighted by molar-refractivity contribution is 0.0913. The highest BCUT2D eigenvalue weighted by Gasteiger charge is 2.40. The summed E-state index contributed by atoms with van der Waals surface area (Å²) in [5, 5.41) is 3.12. The number of aryl methyl sites for hydroxylation is 2. The molecule has 1 N–H and O–H groups in total. The van der Waals surface area contributed by atoms with Crippen molar-refractivity contribution in [2.24, 2.45) is 0 Å². The molecule has 0 spiro atoms. The number of nitrogens with zero attached hydrogens (tertiary/aromatic N) is 2. The van der Waals surface area contributed by atoms with E-state index in [1.54, 1.807) is 23.6 Å². The second kappa shape index (κ2) is 5.94. The Balaban J connectivity index is 2.04. The lowest BCUT2D eigenvalue weighted by atomic mass is 10.0. The molecule has 1 unspecified atom stereocenters. The summed E-state index contributed by atoms with van der Waals surface area (Å²) in [6.45, 7) is 5.99. The third kappa shape index (κ3) is 3.30. The molecule has 1 aliphatic rings. The highest BCUT2D eigenvalue weighted by molar-refractivity contribution is 7.91. The van der Waals surface area contributed by atoms with E-state index in [9.17, 15) is 18.0 Å². The first-order valence-corrected chi connectivity index (χ1v) is 10.00. The van der Waals surface area contributed by atoms with E-state index in [4.69, 9.17) is 0 Å². The Morgan fingerprint density at radius 1 is 1.40 bits per heavy atom. The lowest BCUT2D eigenvalue weighted by Gasteiger charge is -2.24. The van der Waals surface area contributed by atoms with Crippen LogP contribution >= 0.6 is 0 Å². The molecule has 7 nitrogen and oxygen atoms in total. The molecule has 2 aromatic rings. The fraction of sp³-hybridized carbons (Fsp3) is 0.471. The standard InChI is InChI=1S/C17H21N3O4S/c1-4-20-9-13(14(21)12-6-5-11(2)18-15(12)20)16(22)19-17(3)7-8-25(23,24)10-17/h5-6,9H,4,7-8,10H2,1-3H3,(H,19,22). The number of sulfone groups is 1. The second-order valence-corrected chi connectivity index (χ2v) is 9.02. The molecule has 8 heteroatoms. The minimum atomic E-state index is -3.15. The predicted octanol–water partition coefficient (Wildman–Crippen LogP) is 1.03. The van der Waals surface area contributed by atoms with Gasteiger partial charge < -0.3 is 9.88 Å². The molecule has 1 saturated heterocycles. The number of aromatic nitrogens is 2. The van der Waals surface area contributed by atoms with Crippen LogP contribution in [0.5, 0.6) is 0 Å². The van der Waals surface area contributed by atoms with Gasteiger partial charge in [0.2, 0.25) is 5.43 Å². The Bertz CT molecular complexity index is 1030. The molecule has 1 atom stereocenters. The first-order valence-electron chi connectivity index (χ1n) is 8.18. The molecule has 1 fully saturated rings. The van der Waals surface area contributed by atoms with Crippen molar-refractivity contribution in [3.63, 3.8) is 0 Å². The third-order valence-corrected chi connectivity index (χ3v) is 6.47. The number of amides is 1. The summed E-state index contributed by atoms with van der Waals surface area (Å²) in [4.78, 5) is 29.8. The molecule has 0 aliphatic carbocycles. The molecule has 1 aliphatic heterocycles. The zero-order chi connectivity index (χ0) is 18.4. The second-order valence-electron chi connectivity index (χ2n) is 6.84. The minimum Gasteiger partial charge on any atom is -0.346 e. The van der Waals surface area contributed by atoms with Gasteiger partial charge in [-0.25, -0.2) is 13.4 Å². The van der Waals surface area contributed by atoms with E-state index in [1.165, 1.54) is 6.20 Å². The molecule has 2 aromatic heterocycles. The molecule has 0 aromatic carbocycles. The first-order chi connectivity index (χ1) is 11.6. The fourth-order valence-corrected chi connectivity index (χ4v) is 5.31. The van der Waals surface area contributed by atoms with Crippen LogP contribution in [0.3, 0.4) is 0 Å². The van der Waals surface area contributed by atoms with Crippen LogP contribution in [-0.4, -0.2) is 40.9 Å². The number of fused-ring (bicyclic) bond motifs is 1. The molecule has 1 amide bonds. The van der Waals surface area contributed by atoms with E-state index >= 15 is 0 Å². The SMILES string of the molecule is CCn1cc(C(=O)NC2(C)CCS(=O)(=O)C2)c(=O)c2ccc(C)nc21. The van der Waals surface area contributed by atoms with E-state index in [1.807, 2.05) is 13.8 Å².